The van der Waals surface area contributed by atoms with Crippen molar-refractivity contribution in [1.29, 1.82) is 0 Å². The number of hydrogen-bond donors (Lipinski definition) is 2. The number of nitrogens with zero attached hydrogens (tertiary/aromatic N) is 1. The Bertz CT molecular complexity index is 379. The third-order valence-electron chi connectivity index (χ3n) is 2.80. The van der Waals surface area contributed by atoms with E-state index in [1.807, 2.05) is 19.1 Å². The fourth-order valence-corrected chi connectivity index (χ4v) is 1.83. The van der Waals surface area contributed by atoms with Gasteiger partial charge < -0.3 is 10.6 Å². The number of carbonyl (C=O) groups excluding carboxylic acids is 1. The molecule has 1 amide bonds. The Morgan fingerprint density at radius 3 is 2.72 bits per heavy atom. The highest BCUT2D eigenvalue weighted by Gasteiger charge is 2.12. The van der Waals surface area contributed by atoms with E-state index >= 15 is 0 Å². The first-order valence-electron chi connectivity index (χ1n) is 6.73. The molecule has 0 radical (unpaired) electrons. The van der Waals surface area contributed by atoms with Crippen LogP contribution in [0.5, 0.6) is 0 Å². The summed E-state index contributed by atoms with van der Waals surface area (Å²) in [6, 6.07) is 5.70. The summed E-state index contributed by atoms with van der Waals surface area (Å²) in [4.78, 5) is 16.3. The Morgan fingerprint density at radius 2 is 2.11 bits per heavy atom. The summed E-state index contributed by atoms with van der Waals surface area (Å²) < 4.78 is 0. The van der Waals surface area contributed by atoms with Crippen LogP contribution in [0.4, 0.5) is 5.82 Å². The van der Waals surface area contributed by atoms with E-state index < -0.39 is 0 Å². The number of amides is 1. The quantitative estimate of drug-likeness (QED) is 0.781. The van der Waals surface area contributed by atoms with E-state index in [-0.39, 0.29) is 11.9 Å². The average Bonchev–Trinajstić information content (AvgIpc) is 2.39. The van der Waals surface area contributed by atoms with Gasteiger partial charge in [-0.3, -0.25) is 4.79 Å². The minimum atomic E-state index is -0.0879. The van der Waals surface area contributed by atoms with E-state index in [4.69, 9.17) is 0 Å². The Balaban J connectivity index is 2.68. The van der Waals surface area contributed by atoms with Gasteiger partial charge >= 0.3 is 0 Å². The van der Waals surface area contributed by atoms with E-state index in [0.717, 1.165) is 31.6 Å². The maximum atomic E-state index is 12.0. The topological polar surface area (TPSA) is 54.0 Å². The van der Waals surface area contributed by atoms with Gasteiger partial charge in [0.15, 0.2) is 0 Å². The third-order valence-corrected chi connectivity index (χ3v) is 2.80. The molecule has 0 spiro atoms. The predicted octanol–water partition coefficient (Wildman–Crippen LogP) is 2.82. The molecule has 2 N–H and O–H groups in total. The maximum absolute atomic E-state index is 12.0. The second-order valence-electron chi connectivity index (χ2n) is 4.31. The van der Waals surface area contributed by atoms with E-state index in [2.05, 4.69) is 29.5 Å². The van der Waals surface area contributed by atoms with Crippen molar-refractivity contribution in [2.45, 2.75) is 46.1 Å². The van der Waals surface area contributed by atoms with Crippen LogP contribution in [0.1, 0.15) is 50.5 Å². The van der Waals surface area contributed by atoms with Crippen molar-refractivity contribution >= 4 is 11.7 Å². The minimum absolute atomic E-state index is 0.0879. The van der Waals surface area contributed by atoms with Crippen molar-refractivity contribution in [2.24, 2.45) is 0 Å². The van der Waals surface area contributed by atoms with Gasteiger partial charge in [0.05, 0.1) is 0 Å². The molecule has 0 aromatic carbocycles. The molecule has 18 heavy (non-hydrogen) atoms. The standard InChI is InChI=1S/C14H23N3O/c1-4-8-11(5-2)16-14(18)12-9-7-10-13(17-12)15-6-3/h7,9-11H,4-6,8H2,1-3H3,(H,15,17)(H,16,18). The zero-order chi connectivity index (χ0) is 13.4. The van der Waals surface area contributed by atoms with Crippen LogP contribution in [-0.4, -0.2) is 23.5 Å². The van der Waals surface area contributed by atoms with Crippen LogP contribution in [0.3, 0.4) is 0 Å². The van der Waals surface area contributed by atoms with Gasteiger partial charge in [0, 0.05) is 12.6 Å². The van der Waals surface area contributed by atoms with E-state index in [1.165, 1.54) is 0 Å². The number of nitrogens with one attached hydrogen (secondary N) is 2. The maximum Gasteiger partial charge on any atom is 0.270 e. The van der Waals surface area contributed by atoms with Crippen LogP contribution < -0.4 is 10.6 Å². The van der Waals surface area contributed by atoms with Crippen molar-refractivity contribution < 1.29 is 4.79 Å². The molecule has 0 bridgehead atoms. The van der Waals surface area contributed by atoms with Gasteiger partial charge in [-0.2, -0.15) is 0 Å². The summed E-state index contributed by atoms with van der Waals surface area (Å²) >= 11 is 0. The summed E-state index contributed by atoms with van der Waals surface area (Å²) in [5, 5.41) is 6.13. The molecule has 0 saturated carbocycles. The monoisotopic (exact) mass is 249 g/mol. The molecule has 0 aliphatic rings. The molecule has 0 saturated heterocycles. The smallest absolute Gasteiger partial charge is 0.270 e. The summed E-state index contributed by atoms with van der Waals surface area (Å²) in [6.07, 6.45) is 3.03. The van der Waals surface area contributed by atoms with Gasteiger partial charge in [-0.05, 0) is 31.9 Å². The van der Waals surface area contributed by atoms with Gasteiger partial charge in [-0.1, -0.05) is 26.3 Å². The highest BCUT2D eigenvalue weighted by Crippen LogP contribution is 2.06. The molecule has 4 nitrogen and oxygen atoms in total. The first-order valence-corrected chi connectivity index (χ1v) is 6.73. The number of hydrogen-bond acceptors (Lipinski definition) is 3. The van der Waals surface area contributed by atoms with Crippen molar-refractivity contribution in [2.75, 3.05) is 11.9 Å². The van der Waals surface area contributed by atoms with Crippen molar-refractivity contribution in [1.82, 2.24) is 10.3 Å². The number of carbonyl (C=O) groups is 1. The molecule has 1 aromatic rings. The lowest BCUT2D eigenvalue weighted by atomic mass is 10.1. The van der Waals surface area contributed by atoms with Crippen LogP contribution in [-0.2, 0) is 0 Å². The Labute approximate surface area is 109 Å². The van der Waals surface area contributed by atoms with Gasteiger partial charge in [-0.15, -0.1) is 0 Å². The Hall–Kier alpha value is -1.58. The van der Waals surface area contributed by atoms with Crippen LogP contribution >= 0.6 is 0 Å². The molecule has 0 aliphatic carbocycles. The first kappa shape index (κ1) is 14.5. The van der Waals surface area contributed by atoms with Crippen LogP contribution in [0.2, 0.25) is 0 Å². The van der Waals surface area contributed by atoms with E-state index in [9.17, 15) is 4.79 Å². The summed E-state index contributed by atoms with van der Waals surface area (Å²) in [5.41, 5.74) is 0.475. The summed E-state index contributed by atoms with van der Waals surface area (Å²) in [5.74, 6) is 0.656. The highest BCUT2D eigenvalue weighted by atomic mass is 16.1. The Kier molecular flexibility index (Phi) is 6.19. The van der Waals surface area contributed by atoms with E-state index in [0.29, 0.717) is 5.69 Å². The zero-order valence-electron chi connectivity index (χ0n) is 11.5. The normalized spacial score (nSPS) is 11.9. The molecule has 0 aliphatic heterocycles. The number of rotatable bonds is 7. The number of aromatic nitrogens is 1. The van der Waals surface area contributed by atoms with Gasteiger partial charge in [0.2, 0.25) is 0 Å². The number of pyridine rings is 1. The van der Waals surface area contributed by atoms with Gasteiger partial charge in [-0.25, -0.2) is 4.98 Å². The molecular formula is C14H23N3O. The first-order chi connectivity index (χ1) is 8.71. The SMILES string of the molecule is CCCC(CC)NC(=O)c1cccc(NCC)n1. The third kappa shape index (κ3) is 4.35. The fourth-order valence-electron chi connectivity index (χ4n) is 1.83. The fraction of sp³-hybridized carbons (Fsp3) is 0.571. The lowest BCUT2D eigenvalue weighted by Gasteiger charge is -2.15. The zero-order valence-corrected chi connectivity index (χ0v) is 11.5. The molecule has 1 rings (SSSR count). The molecule has 100 valence electrons. The average molecular weight is 249 g/mol. The highest BCUT2D eigenvalue weighted by molar-refractivity contribution is 5.92. The molecule has 1 aromatic heterocycles. The molecular weight excluding hydrogens is 226 g/mol. The van der Waals surface area contributed by atoms with Crippen LogP contribution in [0.25, 0.3) is 0 Å². The molecule has 1 heterocycles. The van der Waals surface area contributed by atoms with Gasteiger partial charge in [0.25, 0.3) is 5.91 Å². The van der Waals surface area contributed by atoms with Crippen molar-refractivity contribution in [3.8, 4) is 0 Å². The Morgan fingerprint density at radius 1 is 1.33 bits per heavy atom. The second kappa shape index (κ2) is 7.69. The summed E-state index contributed by atoms with van der Waals surface area (Å²) in [6.45, 7) is 7.01. The second-order valence-corrected chi connectivity index (χ2v) is 4.31. The molecule has 0 fully saturated rings. The number of anilines is 1. The predicted molar refractivity (Wildman–Crippen MR) is 74.9 cm³/mol. The molecule has 1 atom stereocenters. The van der Waals surface area contributed by atoms with Crippen LogP contribution in [0, 0.1) is 0 Å². The largest absolute Gasteiger partial charge is 0.370 e. The van der Waals surface area contributed by atoms with E-state index in [1.54, 1.807) is 6.07 Å². The van der Waals surface area contributed by atoms with Crippen LogP contribution in [0.15, 0.2) is 18.2 Å². The van der Waals surface area contributed by atoms with Crippen molar-refractivity contribution in [3.05, 3.63) is 23.9 Å². The lowest BCUT2D eigenvalue weighted by molar-refractivity contribution is 0.0929. The summed E-state index contributed by atoms with van der Waals surface area (Å²) in [7, 11) is 0. The molecule has 4 heteroatoms. The van der Waals surface area contributed by atoms with Crippen molar-refractivity contribution in [3.63, 3.8) is 0 Å². The lowest BCUT2D eigenvalue weighted by Crippen LogP contribution is -2.34. The van der Waals surface area contributed by atoms with Gasteiger partial charge in [0.1, 0.15) is 11.5 Å². The minimum Gasteiger partial charge on any atom is -0.370 e. The molecule has 1 unspecified atom stereocenters.